The van der Waals surface area contributed by atoms with E-state index in [2.05, 4.69) is 26.1 Å². The van der Waals surface area contributed by atoms with E-state index in [1.807, 2.05) is 23.1 Å². The molecule has 0 bridgehead atoms. The van der Waals surface area contributed by atoms with Gasteiger partial charge in [0.2, 0.25) is 0 Å². The Labute approximate surface area is 139 Å². The fourth-order valence-electron chi connectivity index (χ4n) is 3.74. The van der Waals surface area contributed by atoms with Crippen molar-refractivity contribution < 1.29 is 0 Å². The summed E-state index contributed by atoms with van der Waals surface area (Å²) in [5.41, 5.74) is 8.31. The first-order valence-corrected chi connectivity index (χ1v) is 8.24. The van der Waals surface area contributed by atoms with Crippen LogP contribution in [0.15, 0.2) is 24.8 Å². The van der Waals surface area contributed by atoms with Crippen LogP contribution in [0.2, 0.25) is 0 Å². The number of fused-ring (bicyclic) bond motifs is 1. The number of nitrogens with zero attached hydrogens (tertiary/aromatic N) is 5. The van der Waals surface area contributed by atoms with Gasteiger partial charge >= 0.3 is 0 Å². The second-order valence-electron chi connectivity index (χ2n) is 6.45. The maximum atomic E-state index is 9.30. The van der Waals surface area contributed by atoms with E-state index in [-0.39, 0.29) is 5.54 Å². The Morgan fingerprint density at radius 2 is 2.12 bits per heavy atom. The van der Waals surface area contributed by atoms with Crippen molar-refractivity contribution >= 4 is 16.9 Å². The summed E-state index contributed by atoms with van der Waals surface area (Å²) in [6, 6.07) is 4.28. The molecule has 3 N–H and O–H groups in total. The Bertz CT molecular complexity index is 909. The summed E-state index contributed by atoms with van der Waals surface area (Å²) in [4.78, 5) is 11.7. The van der Waals surface area contributed by atoms with E-state index >= 15 is 0 Å². The summed E-state index contributed by atoms with van der Waals surface area (Å²) in [5, 5.41) is 14.8. The van der Waals surface area contributed by atoms with Crippen molar-refractivity contribution in [1.82, 2.24) is 24.7 Å². The zero-order chi connectivity index (χ0) is 16.6. The highest BCUT2D eigenvalue weighted by molar-refractivity contribution is 5.92. The number of aromatic amines is 1. The first-order chi connectivity index (χ1) is 11.7. The third-order valence-corrected chi connectivity index (χ3v) is 5.03. The van der Waals surface area contributed by atoms with Crippen LogP contribution in [0, 0.1) is 11.3 Å². The minimum absolute atomic E-state index is 0.246. The monoisotopic (exact) mass is 321 g/mol. The van der Waals surface area contributed by atoms with Crippen LogP contribution >= 0.6 is 0 Å². The van der Waals surface area contributed by atoms with Crippen LogP contribution in [-0.4, -0.2) is 24.7 Å². The van der Waals surface area contributed by atoms with Gasteiger partial charge in [0.1, 0.15) is 12.0 Å². The third kappa shape index (κ3) is 2.22. The van der Waals surface area contributed by atoms with E-state index in [4.69, 9.17) is 5.73 Å². The molecule has 1 aliphatic carbocycles. The number of anilines is 1. The van der Waals surface area contributed by atoms with Gasteiger partial charge in [-0.2, -0.15) is 10.4 Å². The van der Waals surface area contributed by atoms with Gasteiger partial charge in [0.05, 0.1) is 29.3 Å². The topological polar surface area (TPSA) is 109 Å². The van der Waals surface area contributed by atoms with Gasteiger partial charge in [0.25, 0.3) is 0 Å². The standard InChI is InChI=1S/C17H19N7/c18-8-7-17(5-2-1-3-6-17)24-10-13(15(19)23-24)14-12-4-9-20-16(12)22-11-21-14/h4,9-11H,1-3,5-7H2,(H2,19,23)(H,20,21,22). The van der Waals surface area contributed by atoms with Crippen LogP contribution in [0.3, 0.4) is 0 Å². The highest BCUT2D eigenvalue weighted by Gasteiger charge is 2.35. The first-order valence-electron chi connectivity index (χ1n) is 8.24. The Hall–Kier alpha value is -2.88. The number of hydrogen-bond donors (Lipinski definition) is 2. The highest BCUT2D eigenvalue weighted by atomic mass is 15.3. The number of nitrogens with two attached hydrogens (primary N) is 1. The number of H-pyrrole nitrogens is 1. The lowest BCUT2D eigenvalue weighted by molar-refractivity contribution is 0.179. The Kier molecular flexibility index (Phi) is 3.45. The average Bonchev–Trinajstić information content (AvgIpc) is 3.22. The van der Waals surface area contributed by atoms with Crippen LogP contribution in [0.25, 0.3) is 22.3 Å². The molecule has 0 aromatic carbocycles. The van der Waals surface area contributed by atoms with Gasteiger partial charge in [-0.1, -0.05) is 19.3 Å². The van der Waals surface area contributed by atoms with E-state index in [0.29, 0.717) is 12.2 Å². The molecule has 122 valence electrons. The molecule has 0 amide bonds. The minimum atomic E-state index is -0.246. The van der Waals surface area contributed by atoms with Gasteiger partial charge < -0.3 is 10.7 Å². The molecule has 3 aromatic rings. The van der Waals surface area contributed by atoms with Crippen molar-refractivity contribution in [2.45, 2.75) is 44.1 Å². The van der Waals surface area contributed by atoms with Gasteiger partial charge in [-0.15, -0.1) is 0 Å². The smallest absolute Gasteiger partial charge is 0.154 e. The number of rotatable bonds is 3. The molecule has 7 nitrogen and oxygen atoms in total. The molecule has 1 saturated carbocycles. The lowest BCUT2D eigenvalue weighted by Gasteiger charge is -2.35. The van der Waals surface area contributed by atoms with Gasteiger partial charge in [0, 0.05) is 17.8 Å². The van der Waals surface area contributed by atoms with E-state index in [1.54, 1.807) is 0 Å². The molecule has 0 aliphatic heterocycles. The molecule has 3 aromatic heterocycles. The largest absolute Gasteiger partial charge is 0.382 e. The van der Waals surface area contributed by atoms with Crippen LogP contribution < -0.4 is 5.73 Å². The summed E-state index contributed by atoms with van der Waals surface area (Å²) < 4.78 is 1.92. The van der Waals surface area contributed by atoms with Crippen molar-refractivity contribution in [1.29, 1.82) is 5.26 Å². The van der Waals surface area contributed by atoms with Crippen molar-refractivity contribution in [3.05, 3.63) is 24.8 Å². The van der Waals surface area contributed by atoms with Crippen LogP contribution in [-0.2, 0) is 5.54 Å². The number of hydrogen-bond acceptors (Lipinski definition) is 5. The lowest BCUT2D eigenvalue weighted by Crippen LogP contribution is -2.36. The highest BCUT2D eigenvalue weighted by Crippen LogP contribution is 2.39. The van der Waals surface area contributed by atoms with Crippen LogP contribution in [0.5, 0.6) is 0 Å². The molecule has 0 spiro atoms. The molecule has 24 heavy (non-hydrogen) atoms. The van der Waals surface area contributed by atoms with E-state index in [9.17, 15) is 5.26 Å². The first kappa shape index (κ1) is 14.7. The zero-order valence-corrected chi connectivity index (χ0v) is 13.4. The van der Waals surface area contributed by atoms with E-state index < -0.39 is 0 Å². The molecule has 1 fully saturated rings. The zero-order valence-electron chi connectivity index (χ0n) is 13.4. The molecular formula is C17H19N7. The predicted molar refractivity (Wildman–Crippen MR) is 90.8 cm³/mol. The molecule has 0 radical (unpaired) electrons. The summed E-state index contributed by atoms with van der Waals surface area (Å²) in [6.45, 7) is 0. The van der Waals surface area contributed by atoms with Gasteiger partial charge in [-0.05, 0) is 18.9 Å². The fourth-order valence-corrected chi connectivity index (χ4v) is 3.74. The molecule has 1 aliphatic rings. The SMILES string of the molecule is N#CCC1(n2cc(-c3ncnc4[nH]ccc34)c(N)n2)CCCCC1. The molecule has 0 unspecified atom stereocenters. The Morgan fingerprint density at radius 1 is 1.29 bits per heavy atom. The minimum Gasteiger partial charge on any atom is -0.382 e. The second kappa shape index (κ2) is 5.64. The summed E-state index contributed by atoms with van der Waals surface area (Å²) in [6.07, 6.45) is 11.1. The second-order valence-corrected chi connectivity index (χ2v) is 6.45. The molecule has 3 heterocycles. The van der Waals surface area contributed by atoms with Crippen LogP contribution in [0.1, 0.15) is 38.5 Å². The number of nitrogen functional groups attached to an aromatic ring is 1. The van der Waals surface area contributed by atoms with Gasteiger partial charge in [-0.3, -0.25) is 4.68 Å². The molecular weight excluding hydrogens is 302 g/mol. The maximum Gasteiger partial charge on any atom is 0.154 e. The fraction of sp³-hybridized carbons (Fsp3) is 0.412. The Morgan fingerprint density at radius 3 is 2.92 bits per heavy atom. The van der Waals surface area contributed by atoms with Gasteiger partial charge in [0.15, 0.2) is 5.82 Å². The normalized spacial score (nSPS) is 17.0. The molecule has 7 heteroatoms. The van der Waals surface area contributed by atoms with Crippen molar-refractivity contribution in [2.75, 3.05) is 5.73 Å². The van der Waals surface area contributed by atoms with E-state index in [1.165, 1.54) is 12.7 Å². The molecule has 0 saturated heterocycles. The van der Waals surface area contributed by atoms with E-state index in [0.717, 1.165) is 48.0 Å². The molecule has 4 rings (SSSR count). The van der Waals surface area contributed by atoms with Crippen molar-refractivity contribution in [3.8, 4) is 17.3 Å². The molecule has 0 atom stereocenters. The van der Waals surface area contributed by atoms with Crippen molar-refractivity contribution in [3.63, 3.8) is 0 Å². The Balaban J connectivity index is 1.82. The number of aromatic nitrogens is 5. The van der Waals surface area contributed by atoms with Crippen molar-refractivity contribution in [2.24, 2.45) is 0 Å². The average molecular weight is 321 g/mol. The number of nitriles is 1. The quantitative estimate of drug-likeness (QED) is 0.770. The number of nitrogens with one attached hydrogen (secondary N) is 1. The van der Waals surface area contributed by atoms with Gasteiger partial charge in [-0.25, -0.2) is 9.97 Å². The lowest BCUT2D eigenvalue weighted by atomic mass is 9.80. The summed E-state index contributed by atoms with van der Waals surface area (Å²) in [7, 11) is 0. The van der Waals surface area contributed by atoms with Crippen LogP contribution in [0.4, 0.5) is 5.82 Å². The maximum absolute atomic E-state index is 9.30. The predicted octanol–water partition coefficient (Wildman–Crippen LogP) is 2.98. The third-order valence-electron chi connectivity index (χ3n) is 5.03. The summed E-state index contributed by atoms with van der Waals surface area (Å²) >= 11 is 0. The summed E-state index contributed by atoms with van der Waals surface area (Å²) in [5.74, 6) is 0.444.